The lowest BCUT2D eigenvalue weighted by Gasteiger charge is -2.47. The van der Waals surface area contributed by atoms with Crippen molar-refractivity contribution in [2.45, 2.75) is 42.0 Å². The van der Waals surface area contributed by atoms with Gasteiger partial charge in [-0.15, -0.1) is 10.2 Å². The molecule has 11 heteroatoms. The third-order valence-electron chi connectivity index (χ3n) is 4.78. The Hall–Kier alpha value is -1.72. The molecule has 1 aliphatic heterocycles. The van der Waals surface area contributed by atoms with Gasteiger partial charge in [0.15, 0.2) is 4.34 Å². The minimum absolute atomic E-state index is 0.0644. The van der Waals surface area contributed by atoms with E-state index < -0.39 is 11.4 Å². The van der Waals surface area contributed by atoms with Gasteiger partial charge in [-0.3, -0.25) is 19.7 Å². The van der Waals surface area contributed by atoms with Crippen LogP contribution in [0.15, 0.2) is 4.34 Å². The highest BCUT2D eigenvalue weighted by molar-refractivity contribution is 8.01. The third kappa shape index (κ3) is 4.58. The monoisotopic (exact) mass is 413 g/mol. The molecule has 1 aliphatic carbocycles. The molecular formula is C16H23N5O4S2. The maximum absolute atomic E-state index is 12.9. The van der Waals surface area contributed by atoms with Gasteiger partial charge in [-0.1, -0.05) is 42.4 Å². The van der Waals surface area contributed by atoms with Gasteiger partial charge in [-0.2, -0.15) is 0 Å². The van der Waals surface area contributed by atoms with E-state index in [1.165, 1.54) is 28.0 Å². The average Bonchev–Trinajstić information content (AvgIpc) is 3.12. The Morgan fingerprint density at radius 3 is 2.85 bits per heavy atom. The van der Waals surface area contributed by atoms with Gasteiger partial charge in [0.1, 0.15) is 12.1 Å². The van der Waals surface area contributed by atoms with Crippen LogP contribution in [0, 0.1) is 0 Å². The minimum Gasteiger partial charge on any atom is -0.383 e. The van der Waals surface area contributed by atoms with Gasteiger partial charge < -0.3 is 15.0 Å². The predicted molar refractivity (Wildman–Crippen MR) is 102 cm³/mol. The Morgan fingerprint density at radius 1 is 1.33 bits per heavy atom. The number of amides is 3. The third-order valence-corrected chi connectivity index (χ3v) is 6.78. The number of hydrogen-bond donors (Lipinski definition) is 2. The normalized spacial score (nSPS) is 19.2. The Labute approximate surface area is 165 Å². The molecular weight excluding hydrogens is 390 g/mol. The summed E-state index contributed by atoms with van der Waals surface area (Å²) in [6, 6.07) is 0. The summed E-state index contributed by atoms with van der Waals surface area (Å²) in [7, 11) is 1.62. The molecule has 1 aromatic rings. The number of aromatic nitrogens is 2. The van der Waals surface area contributed by atoms with E-state index in [0.29, 0.717) is 35.5 Å². The zero-order valence-corrected chi connectivity index (χ0v) is 16.8. The van der Waals surface area contributed by atoms with Crippen molar-refractivity contribution in [1.82, 2.24) is 20.4 Å². The smallest absolute Gasteiger partial charge is 0.252 e. The topological polar surface area (TPSA) is 114 Å². The number of piperazine rings is 1. The molecule has 2 N–H and O–H groups in total. The molecule has 0 unspecified atom stereocenters. The summed E-state index contributed by atoms with van der Waals surface area (Å²) in [6.07, 6.45) is 4.02. The lowest BCUT2D eigenvalue weighted by molar-refractivity contribution is -0.158. The summed E-state index contributed by atoms with van der Waals surface area (Å²) in [4.78, 5) is 38.7. The van der Waals surface area contributed by atoms with Crippen molar-refractivity contribution in [2.75, 3.05) is 37.9 Å². The van der Waals surface area contributed by atoms with Crippen LogP contribution in [0.3, 0.4) is 0 Å². The van der Waals surface area contributed by atoms with Crippen molar-refractivity contribution in [1.29, 1.82) is 0 Å². The molecule has 2 aliphatic rings. The first-order valence-electron chi connectivity index (χ1n) is 8.89. The van der Waals surface area contributed by atoms with Gasteiger partial charge in [0, 0.05) is 13.7 Å². The minimum atomic E-state index is -0.877. The first kappa shape index (κ1) is 20.0. The van der Waals surface area contributed by atoms with Crippen molar-refractivity contribution in [2.24, 2.45) is 0 Å². The second-order valence-corrected chi connectivity index (χ2v) is 8.73. The number of anilines is 1. The number of imide groups is 1. The van der Waals surface area contributed by atoms with E-state index in [1.807, 2.05) is 0 Å². The highest BCUT2D eigenvalue weighted by atomic mass is 32.2. The summed E-state index contributed by atoms with van der Waals surface area (Å²) in [5.41, 5.74) is -0.877. The molecule has 1 saturated carbocycles. The highest BCUT2D eigenvalue weighted by Gasteiger charge is 2.50. The van der Waals surface area contributed by atoms with Gasteiger partial charge in [0.05, 0.1) is 12.4 Å². The fraction of sp³-hybridized carbons (Fsp3) is 0.688. The lowest BCUT2D eigenvalue weighted by Crippen LogP contribution is -2.69. The number of methoxy groups -OCH3 is 1. The Bertz CT molecular complexity index is 705. The van der Waals surface area contributed by atoms with Gasteiger partial charge in [-0.25, -0.2) is 0 Å². The molecule has 0 radical (unpaired) electrons. The Morgan fingerprint density at radius 2 is 2.11 bits per heavy atom. The molecule has 1 spiro atoms. The lowest BCUT2D eigenvalue weighted by atomic mass is 9.78. The summed E-state index contributed by atoms with van der Waals surface area (Å²) >= 11 is 2.63. The van der Waals surface area contributed by atoms with Crippen LogP contribution in [0.2, 0.25) is 0 Å². The van der Waals surface area contributed by atoms with E-state index >= 15 is 0 Å². The molecule has 0 atom stereocenters. The van der Waals surface area contributed by atoms with E-state index in [0.717, 1.165) is 19.3 Å². The molecule has 0 bridgehead atoms. The average molecular weight is 414 g/mol. The molecule has 9 nitrogen and oxygen atoms in total. The number of ether oxygens (including phenoxy) is 1. The van der Waals surface area contributed by atoms with Crippen molar-refractivity contribution in [3.63, 3.8) is 0 Å². The first-order valence-corrected chi connectivity index (χ1v) is 10.7. The maximum atomic E-state index is 12.9. The van der Waals surface area contributed by atoms with E-state index in [4.69, 9.17) is 4.74 Å². The van der Waals surface area contributed by atoms with Crippen molar-refractivity contribution in [3.8, 4) is 0 Å². The summed E-state index contributed by atoms with van der Waals surface area (Å²) in [5, 5.41) is 14.2. The van der Waals surface area contributed by atoms with Crippen LogP contribution in [-0.4, -0.2) is 70.9 Å². The van der Waals surface area contributed by atoms with E-state index in [9.17, 15) is 14.4 Å². The van der Waals surface area contributed by atoms with Crippen molar-refractivity contribution >= 4 is 46.0 Å². The number of carbonyl (C=O) groups is 3. The standard InChI is InChI=1S/C16H23N5O4S2/c1-25-8-7-17-14-19-20-15(27-14)26-10-12(23)21-9-11(22)18-13(24)16(21)5-3-2-4-6-16/h2-10H2,1H3,(H,17,19)(H,18,22,24). The summed E-state index contributed by atoms with van der Waals surface area (Å²) in [6.45, 7) is 1.13. The number of nitrogens with zero attached hydrogens (tertiary/aromatic N) is 3. The van der Waals surface area contributed by atoms with Crippen LogP contribution >= 0.6 is 23.1 Å². The molecule has 27 heavy (non-hydrogen) atoms. The van der Waals surface area contributed by atoms with Crippen LogP contribution in [0.4, 0.5) is 5.13 Å². The van der Waals surface area contributed by atoms with Crippen LogP contribution < -0.4 is 10.6 Å². The SMILES string of the molecule is COCCNc1nnc(SCC(=O)N2CC(=O)NC(=O)C23CCCCC3)s1. The van der Waals surface area contributed by atoms with Crippen LogP contribution in [0.5, 0.6) is 0 Å². The number of nitrogens with one attached hydrogen (secondary N) is 2. The molecule has 1 saturated heterocycles. The quantitative estimate of drug-likeness (QED) is 0.385. The van der Waals surface area contributed by atoms with E-state index in [-0.39, 0.29) is 24.1 Å². The van der Waals surface area contributed by atoms with Gasteiger partial charge in [0.2, 0.25) is 16.9 Å². The van der Waals surface area contributed by atoms with Crippen LogP contribution in [0.1, 0.15) is 32.1 Å². The molecule has 0 aromatic carbocycles. The van der Waals surface area contributed by atoms with Gasteiger partial charge in [-0.05, 0) is 12.8 Å². The maximum Gasteiger partial charge on any atom is 0.252 e. The number of thioether (sulfide) groups is 1. The number of rotatable bonds is 7. The second-order valence-electron chi connectivity index (χ2n) is 6.53. The molecule has 3 rings (SSSR count). The number of carbonyl (C=O) groups excluding carboxylic acids is 3. The largest absolute Gasteiger partial charge is 0.383 e. The summed E-state index contributed by atoms with van der Waals surface area (Å²) < 4.78 is 5.63. The van der Waals surface area contributed by atoms with Crippen molar-refractivity contribution in [3.05, 3.63) is 0 Å². The van der Waals surface area contributed by atoms with Crippen LogP contribution in [-0.2, 0) is 19.1 Å². The second kappa shape index (κ2) is 8.98. The first-order chi connectivity index (χ1) is 13.0. The van der Waals surface area contributed by atoms with Crippen LogP contribution in [0.25, 0.3) is 0 Å². The zero-order valence-electron chi connectivity index (χ0n) is 15.2. The summed E-state index contributed by atoms with van der Waals surface area (Å²) in [5.74, 6) is -0.851. The highest BCUT2D eigenvalue weighted by Crippen LogP contribution is 2.36. The van der Waals surface area contributed by atoms with Crippen molar-refractivity contribution < 1.29 is 19.1 Å². The Kier molecular flexibility index (Phi) is 6.66. The fourth-order valence-electron chi connectivity index (χ4n) is 3.46. The Balaban J connectivity index is 1.62. The number of hydrogen-bond acceptors (Lipinski definition) is 9. The van der Waals surface area contributed by atoms with E-state index in [2.05, 4.69) is 20.8 Å². The van der Waals surface area contributed by atoms with Gasteiger partial charge in [0.25, 0.3) is 5.91 Å². The molecule has 1 aromatic heterocycles. The molecule has 2 heterocycles. The molecule has 3 amide bonds. The molecule has 2 fully saturated rings. The van der Waals surface area contributed by atoms with E-state index in [1.54, 1.807) is 7.11 Å². The predicted octanol–water partition coefficient (Wildman–Crippen LogP) is 0.876. The fourth-order valence-corrected chi connectivity index (χ4v) is 5.12. The molecule has 148 valence electrons. The zero-order chi connectivity index (χ0) is 19.3. The van der Waals surface area contributed by atoms with Gasteiger partial charge >= 0.3 is 0 Å².